The zero-order chi connectivity index (χ0) is 20.2. The Kier molecular flexibility index (Phi) is 5.61. The summed E-state index contributed by atoms with van der Waals surface area (Å²) in [6.07, 6.45) is 8.21. The highest BCUT2D eigenvalue weighted by Gasteiger charge is 2.21. The maximum absolute atomic E-state index is 11.4. The fraction of sp³-hybridized carbons (Fsp3) is 0.280. The normalized spacial score (nSPS) is 15.6. The van der Waals surface area contributed by atoms with Gasteiger partial charge in [-0.2, -0.15) is 0 Å². The number of aromatic nitrogens is 1. The molecule has 4 rings (SSSR count). The number of pyridine rings is 1. The van der Waals surface area contributed by atoms with Crippen molar-refractivity contribution in [2.24, 2.45) is 0 Å². The van der Waals surface area contributed by atoms with Crippen molar-refractivity contribution in [2.75, 3.05) is 0 Å². The molecule has 2 aromatic carbocycles. The number of carboxylic acids is 1. The van der Waals surface area contributed by atoms with Crippen LogP contribution in [0.3, 0.4) is 0 Å². The van der Waals surface area contributed by atoms with Crippen molar-refractivity contribution in [1.29, 1.82) is 0 Å². The van der Waals surface area contributed by atoms with Gasteiger partial charge in [-0.05, 0) is 92.0 Å². The first-order valence-electron chi connectivity index (χ1n) is 10.1. The Morgan fingerprint density at radius 3 is 2.72 bits per heavy atom. The Labute approximate surface area is 171 Å². The molecule has 4 nitrogen and oxygen atoms in total. The van der Waals surface area contributed by atoms with E-state index in [9.17, 15) is 9.90 Å². The van der Waals surface area contributed by atoms with Crippen molar-refractivity contribution < 1.29 is 14.6 Å². The van der Waals surface area contributed by atoms with Crippen molar-refractivity contribution in [3.05, 3.63) is 88.7 Å². The van der Waals surface area contributed by atoms with Crippen molar-refractivity contribution in [2.45, 2.75) is 44.9 Å². The molecule has 1 N–H and O–H groups in total. The Balaban J connectivity index is 1.48. The third-order valence-electron chi connectivity index (χ3n) is 5.71. The van der Waals surface area contributed by atoms with Gasteiger partial charge in [0.1, 0.15) is 11.5 Å². The van der Waals surface area contributed by atoms with Gasteiger partial charge in [0.25, 0.3) is 0 Å². The Morgan fingerprint density at radius 2 is 1.93 bits per heavy atom. The van der Waals surface area contributed by atoms with Crippen LogP contribution < -0.4 is 4.74 Å². The minimum Gasteiger partial charge on any atom is -0.478 e. The smallest absolute Gasteiger partial charge is 0.336 e. The highest BCUT2D eigenvalue weighted by Crippen LogP contribution is 2.37. The maximum Gasteiger partial charge on any atom is 0.336 e. The molecule has 0 aliphatic heterocycles. The molecule has 0 amide bonds. The number of carbonyl (C=O) groups is 1. The summed E-state index contributed by atoms with van der Waals surface area (Å²) in [4.78, 5) is 15.5. The molecule has 3 aromatic rings. The number of aromatic carboxylic acids is 1. The SMILES string of the molecule is Cc1ccc(Oc2ccc3c(c2)CCCC3CCc2cnccc2C(=O)O)cc1. The van der Waals surface area contributed by atoms with Gasteiger partial charge in [0, 0.05) is 12.4 Å². The number of carboxylic acid groups (broad SMARTS) is 1. The number of hydrogen-bond donors (Lipinski definition) is 1. The molecule has 0 saturated carbocycles. The van der Waals surface area contributed by atoms with Gasteiger partial charge in [0.15, 0.2) is 0 Å². The molecule has 1 aromatic heterocycles. The third kappa shape index (κ3) is 4.48. The zero-order valence-electron chi connectivity index (χ0n) is 16.6. The van der Waals surface area contributed by atoms with Crippen LogP contribution in [0.2, 0.25) is 0 Å². The molecule has 1 heterocycles. The van der Waals surface area contributed by atoms with Gasteiger partial charge >= 0.3 is 5.97 Å². The van der Waals surface area contributed by atoms with Crippen molar-refractivity contribution in [3.63, 3.8) is 0 Å². The summed E-state index contributed by atoms with van der Waals surface area (Å²) in [5.74, 6) is 1.27. The van der Waals surface area contributed by atoms with E-state index >= 15 is 0 Å². The molecule has 0 saturated heterocycles. The lowest BCUT2D eigenvalue weighted by Crippen LogP contribution is -2.12. The van der Waals surface area contributed by atoms with Gasteiger partial charge in [0.2, 0.25) is 0 Å². The number of nitrogens with zero attached hydrogens (tertiary/aromatic N) is 1. The number of hydrogen-bond acceptors (Lipinski definition) is 3. The molecule has 148 valence electrons. The van der Waals surface area contributed by atoms with Gasteiger partial charge in [-0.1, -0.05) is 23.8 Å². The summed E-state index contributed by atoms with van der Waals surface area (Å²) < 4.78 is 6.03. The van der Waals surface area contributed by atoms with E-state index in [1.807, 2.05) is 30.3 Å². The summed E-state index contributed by atoms with van der Waals surface area (Å²) in [5, 5.41) is 9.39. The average Bonchev–Trinajstić information content (AvgIpc) is 2.74. The van der Waals surface area contributed by atoms with Crippen LogP contribution in [0.5, 0.6) is 11.5 Å². The molecule has 1 aliphatic carbocycles. The van der Waals surface area contributed by atoms with Gasteiger partial charge in [-0.15, -0.1) is 0 Å². The molecular weight excluding hydrogens is 362 g/mol. The van der Waals surface area contributed by atoms with Crippen LogP contribution in [0.25, 0.3) is 0 Å². The van der Waals surface area contributed by atoms with E-state index in [1.165, 1.54) is 16.7 Å². The Morgan fingerprint density at radius 1 is 1.14 bits per heavy atom. The van der Waals surface area contributed by atoms with E-state index in [0.717, 1.165) is 49.2 Å². The number of rotatable bonds is 6. The van der Waals surface area contributed by atoms with Gasteiger partial charge in [-0.3, -0.25) is 4.98 Å². The fourth-order valence-corrected chi connectivity index (χ4v) is 4.16. The number of benzene rings is 2. The quantitative estimate of drug-likeness (QED) is 0.569. The van der Waals surface area contributed by atoms with Crippen molar-refractivity contribution in [3.8, 4) is 11.5 Å². The Hall–Kier alpha value is -3.14. The molecule has 4 heteroatoms. The minimum absolute atomic E-state index is 0.359. The Bertz CT molecular complexity index is 1010. The van der Waals surface area contributed by atoms with Gasteiger partial charge in [0.05, 0.1) is 5.56 Å². The molecule has 0 spiro atoms. The number of fused-ring (bicyclic) bond motifs is 1. The highest BCUT2D eigenvalue weighted by atomic mass is 16.5. The molecule has 1 unspecified atom stereocenters. The van der Waals surface area contributed by atoms with Crippen LogP contribution in [-0.4, -0.2) is 16.1 Å². The predicted molar refractivity (Wildman–Crippen MR) is 113 cm³/mol. The molecule has 0 fully saturated rings. The lowest BCUT2D eigenvalue weighted by molar-refractivity contribution is 0.0695. The van der Waals surface area contributed by atoms with E-state index < -0.39 is 5.97 Å². The van der Waals surface area contributed by atoms with Crippen LogP contribution in [0.1, 0.15) is 57.8 Å². The highest BCUT2D eigenvalue weighted by molar-refractivity contribution is 5.89. The van der Waals surface area contributed by atoms with Crippen LogP contribution in [-0.2, 0) is 12.8 Å². The summed E-state index contributed by atoms with van der Waals surface area (Å²) in [6, 6.07) is 16.1. The molecule has 0 radical (unpaired) electrons. The first-order valence-corrected chi connectivity index (χ1v) is 10.1. The van der Waals surface area contributed by atoms with Crippen LogP contribution in [0.4, 0.5) is 0 Å². The third-order valence-corrected chi connectivity index (χ3v) is 5.71. The number of aryl methyl sites for hydroxylation is 3. The summed E-state index contributed by atoms with van der Waals surface area (Å²) in [7, 11) is 0. The number of ether oxygens (including phenoxy) is 1. The van der Waals surface area contributed by atoms with E-state index in [1.54, 1.807) is 18.5 Å². The second kappa shape index (κ2) is 8.48. The second-order valence-corrected chi connectivity index (χ2v) is 7.74. The summed E-state index contributed by atoms with van der Waals surface area (Å²) in [6.45, 7) is 2.06. The monoisotopic (exact) mass is 387 g/mol. The molecular formula is C25H25NO3. The molecule has 0 bridgehead atoms. The topological polar surface area (TPSA) is 59.4 Å². The molecule has 1 atom stereocenters. The van der Waals surface area contributed by atoms with Gasteiger partial charge in [-0.25, -0.2) is 4.79 Å². The van der Waals surface area contributed by atoms with Crippen LogP contribution in [0.15, 0.2) is 60.9 Å². The summed E-state index contributed by atoms with van der Waals surface area (Å²) in [5.41, 5.74) is 5.10. The lowest BCUT2D eigenvalue weighted by atomic mass is 9.79. The standard InChI is InChI=1S/C25H25NO3/c1-17-5-9-21(10-6-17)29-22-11-12-23-18(3-2-4-19(23)15-22)7-8-20-16-26-14-13-24(20)25(27)28/h5-6,9-16,18H,2-4,7-8H2,1H3,(H,27,28). The van der Waals surface area contributed by atoms with Crippen LogP contribution in [0, 0.1) is 6.92 Å². The predicted octanol–water partition coefficient (Wildman–Crippen LogP) is 5.93. The summed E-state index contributed by atoms with van der Waals surface area (Å²) >= 11 is 0. The molecule has 1 aliphatic rings. The zero-order valence-corrected chi connectivity index (χ0v) is 16.6. The lowest BCUT2D eigenvalue weighted by Gasteiger charge is -2.26. The van der Waals surface area contributed by atoms with E-state index in [0.29, 0.717) is 11.5 Å². The molecule has 29 heavy (non-hydrogen) atoms. The van der Waals surface area contributed by atoms with Crippen LogP contribution >= 0.6 is 0 Å². The fourth-order valence-electron chi connectivity index (χ4n) is 4.16. The van der Waals surface area contributed by atoms with E-state index in [-0.39, 0.29) is 0 Å². The minimum atomic E-state index is -0.885. The van der Waals surface area contributed by atoms with Crippen molar-refractivity contribution >= 4 is 5.97 Å². The first kappa shape index (κ1) is 19.2. The first-order chi connectivity index (χ1) is 14.1. The second-order valence-electron chi connectivity index (χ2n) is 7.74. The average molecular weight is 387 g/mol. The van der Waals surface area contributed by atoms with E-state index in [2.05, 4.69) is 24.0 Å². The largest absolute Gasteiger partial charge is 0.478 e. The van der Waals surface area contributed by atoms with Gasteiger partial charge < -0.3 is 9.84 Å². The van der Waals surface area contributed by atoms with Crippen molar-refractivity contribution in [1.82, 2.24) is 4.98 Å². The van der Waals surface area contributed by atoms with E-state index in [4.69, 9.17) is 4.74 Å². The maximum atomic E-state index is 11.4.